The average Bonchev–Trinajstić information content (AvgIpc) is 3.20. The molecule has 2 N–H and O–H groups in total. The van der Waals surface area contributed by atoms with Gasteiger partial charge in [0.15, 0.2) is 5.82 Å². The minimum atomic E-state index is -1.12. The molecule has 33 heavy (non-hydrogen) atoms. The summed E-state index contributed by atoms with van der Waals surface area (Å²) in [5.41, 5.74) is 1.80. The van der Waals surface area contributed by atoms with Crippen molar-refractivity contribution in [3.05, 3.63) is 70.3 Å². The van der Waals surface area contributed by atoms with Gasteiger partial charge >= 0.3 is 5.97 Å². The number of phenols is 1. The zero-order chi connectivity index (χ0) is 23.7. The Labute approximate surface area is 187 Å². The summed E-state index contributed by atoms with van der Waals surface area (Å²) < 4.78 is 0. The van der Waals surface area contributed by atoms with Gasteiger partial charge in [0, 0.05) is 36.2 Å². The van der Waals surface area contributed by atoms with E-state index in [2.05, 4.69) is 11.1 Å². The van der Waals surface area contributed by atoms with Crippen LogP contribution in [0.5, 0.6) is 5.75 Å². The molecule has 1 fully saturated rings. The number of hydrogen-bond donors (Lipinski definition) is 2. The van der Waals surface area contributed by atoms with Crippen molar-refractivity contribution < 1.29 is 24.7 Å². The highest BCUT2D eigenvalue weighted by Gasteiger charge is 2.37. The molecule has 0 aliphatic carbocycles. The Morgan fingerprint density at radius 3 is 2.33 bits per heavy atom. The van der Waals surface area contributed by atoms with Crippen molar-refractivity contribution in [2.45, 2.75) is 6.42 Å². The van der Waals surface area contributed by atoms with Gasteiger partial charge in [0.2, 0.25) is 5.91 Å². The van der Waals surface area contributed by atoms with E-state index in [0.717, 1.165) is 0 Å². The van der Waals surface area contributed by atoms with E-state index < -0.39 is 22.7 Å². The fourth-order valence-electron chi connectivity index (χ4n) is 3.69. The topological polar surface area (TPSA) is 158 Å². The minimum absolute atomic E-state index is 0.0187. The maximum absolute atomic E-state index is 12.6. The smallest absolute Gasteiger partial charge is 0.308 e. The van der Waals surface area contributed by atoms with Gasteiger partial charge in [0.1, 0.15) is 17.4 Å². The van der Waals surface area contributed by atoms with E-state index in [-0.39, 0.29) is 35.8 Å². The summed E-state index contributed by atoms with van der Waals surface area (Å²) in [7, 11) is 0. The fourth-order valence-corrected chi connectivity index (χ4v) is 3.69. The quantitative estimate of drug-likeness (QED) is 0.448. The third kappa shape index (κ3) is 4.07. The first-order valence-corrected chi connectivity index (χ1v) is 9.81. The number of anilines is 1. The van der Waals surface area contributed by atoms with Crippen molar-refractivity contribution in [2.75, 3.05) is 11.4 Å². The summed E-state index contributed by atoms with van der Waals surface area (Å²) in [6.07, 6.45) is -0.210. The Morgan fingerprint density at radius 2 is 1.79 bits per heavy atom. The number of carboxylic acids is 1. The number of aromatic nitrogens is 1. The number of hydrogen-bond acceptors (Lipinski definition) is 7. The van der Waals surface area contributed by atoms with Gasteiger partial charge in [-0.25, -0.2) is 4.98 Å². The first kappa shape index (κ1) is 21.5. The highest BCUT2D eigenvalue weighted by Crippen LogP contribution is 2.37. The van der Waals surface area contributed by atoms with E-state index in [1.54, 1.807) is 18.2 Å². The molecule has 0 bridgehead atoms. The Hall–Kier alpha value is -4.78. The van der Waals surface area contributed by atoms with E-state index in [9.17, 15) is 35.2 Å². The number of carbonyl (C=O) groups excluding carboxylic acids is 1. The van der Waals surface area contributed by atoms with Gasteiger partial charge in [0.25, 0.3) is 5.69 Å². The van der Waals surface area contributed by atoms with Crippen LogP contribution < -0.4 is 4.90 Å². The summed E-state index contributed by atoms with van der Waals surface area (Å²) in [4.78, 5) is 40.2. The lowest BCUT2D eigenvalue weighted by Gasteiger charge is -2.20. The van der Waals surface area contributed by atoms with E-state index in [4.69, 9.17) is 0 Å². The monoisotopic (exact) mass is 444 g/mol. The number of nitriles is 1. The summed E-state index contributed by atoms with van der Waals surface area (Å²) >= 11 is 0. The van der Waals surface area contributed by atoms with Crippen LogP contribution in [0.25, 0.3) is 22.4 Å². The van der Waals surface area contributed by atoms with Crippen molar-refractivity contribution in [3.8, 4) is 34.2 Å². The lowest BCUT2D eigenvalue weighted by atomic mass is 9.98. The molecular weight excluding hydrogens is 428 g/mol. The molecule has 3 aromatic rings. The molecule has 2 aromatic carbocycles. The number of nitro benzene ring substituents is 1. The number of rotatable bonds is 5. The summed E-state index contributed by atoms with van der Waals surface area (Å²) in [6.45, 7) is -0.130. The average molecular weight is 444 g/mol. The van der Waals surface area contributed by atoms with Crippen LogP contribution in [-0.2, 0) is 9.59 Å². The number of carboxylic acid groups (broad SMARTS) is 1. The molecule has 1 unspecified atom stereocenters. The highest BCUT2D eigenvalue weighted by atomic mass is 16.6. The van der Waals surface area contributed by atoms with Crippen molar-refractivity contribution in [3.63, 3.8) is 0 Å². The van der Waals surface area contributed by atoms with E-state index >= 15 is 0 Å². The molecule has 10 nitrogen and oxygen atoms in total. The number of phenolic OH excluding ortho intramolecular Hbond substituents is 1. The maximum Gasteiger partial charge on any atom is 0.308 e. The van der Waals surface area contributed by atoms with Crippen molar-refractivity contribution in [1.82, 2.24) is 4.98 Å². The molecule has 1 aliphatic heterocycles. The number of nitro groups is 1. The normalized spacial score (nSPS) is 15.3. The predicted octanol–water partition coefficient (Wildman–Crippen LogP) is 3.34. The zero-order valence-corrected chi connectivity index (χ0v) is 17.0. The summed E-state index contributed by atoms with van der Waals surface area (Å²) in [6, 6.07) is 15.4. The van der Waals surface area contributed by atoms with Gasteiger partial charge in [-0.05, 0) is 35.9 Å². The third-order valence-corrected chi connectivity index (χ3v) is 5.39. The first-order valence-electron chi connectivity index (χ1n) is 9.81. The maximum atomic E-state index is 12.6. The lowest BCUT2D eigenvalue weighted by Crippen LogP contribution is -2.28. The van der Waals surface area contributed by atoms with E-state index in [0.29, 0.717) is 22.4 Å². The molecule has 1 aromatic heterocycles. The molecule has 1 atom stereocenters. The highest BCUT2D eigenvalue weighted by molar-refractivity contribution is 6.00. The van der Waals surface area contributed by atoms with Crippen LogP contribution in [0, 0.1) is 27.4 Å². The summed E-state index contributed by atoms with van der Waals surface area (Å²) in [5, 5.41) is 39.9. The second-order valence-electron chi connectivity index (χ2n) is 7.46. The Kier molecular flexibility index (Phi) is 5.46. The Bertz CT molecular complexity index is 1310. The number of pyridine rings is 1. The Balaban J connectivity index is 1.92. The first-order chi connectivity index (χ1) is 15.8. The van der Waals surface area contributed by atoms with Gasteiger partial charge in [-0.3, -0.25) is 24.6 Å². The second kappa shape index (κ2) is 8.39. The minimum Gasteiger partial charge on any atom is -0.508 e. The van der Waals surface area contributed by atoms with Gasteiger partial charge in [-0.2, -0.15) is 5.26 Å². The largest absolute Gasteiger partial charge is 0.508 e. The van der Waals surface area contributed by atoms with Crippen LogP contribution >= 0.6 is 0 Å². The number of non-ortho nitro benzene ring substituents is 1. The molecule has 164 valence electrons. The molecule has 4 rings (SSSR count). The molecule has 0 spiro atoms. The van der Waals surface area contributed by atoms with Gasteiger partial charge in [-0.1, -0.05) is 12.1 Å². The number of aromatic hydroxyl groups is 1. The van der Waals surface area contributed by atoms with E-state index in [1.165, 1.54) is 41.3 Å². The molecule has 1 amide bonds. The third-order valence-electron chi connectivity index (χ3n) is 5.39. The molecule has 0 radical (unpaired) electrons. The second-order valence-corrected chi connectivity index (χ2v) is 7.46. The zero-order valence-electron chi connectivity index (χ0n) is 17.0. The summed E-state index contributed by atoms with van der Waals surface area (Å²) in [5.74, 6) is -2.46. The van der Waals surface area contributed by atoms with Crippen LogP contribution in [-0.4, -0.2) is 38.5 Å². The fraction of sp³-hybridized carbons (Fsp3) is 0.130. The number of carbonyl (C=O) groups is 2. The molecular formula is C23H16N4O6. The lowest BCUT2D eigenvalue weighted by molar-refractivity contribution is -0.384. The van der Waals surface area contributed by atoms with Crippen LogP contribution in [0.15, 0.2) is 54.6 Å². The number of benzene rings is 2. The molecule has 0 saturated carbocycles. The van der Waals surface area contributed by atoms with Crippen molar-refractivity contribution in [2.24, 2.45) is 5.92 Å². The molecule has 2 heterocycles. The van der Waals surface area contributed by atoms with Crippen LogP contribution in [0.1, 0.15) is 12.0 Å². The standard InChI is InChI=1S/C23H16N4O6/c24-11-19-18(13-3-7-17(28)8-4-13)10-20(14-1-5-16(6-2-14)27(32)33)25-22(19)26-12-15(23(30)31)9-21(26)29/h1-8,10,15,28H,9,12H2,(H,30,31). The number of nitrogens with zero attached hydrogens (tertiary/aromatic N) is 4. The van der Waals surface area contributed by atoms with E-state index in [1.807, 2.05) is 0 Å². The number of aliphatic carboxylic acids is 1. The SMILES string of the molecule is N#Cc1c(-c2ccc(O)cc2)cc(-c2ccc([N+](=O)[O-])cc2)nc1N1CC(C(=O)O)CC1=O. The Morgan fingerprint density at radius 1 is 1.15 bits per heavy atom. The van der Waals surface area contributed by atoms with Crippen molar-refractivity contribution >= 4 is 23.4 Å². The number of amides is 1. The van der Waals surface area contributed by atoms with Crippen LogP contribution in [0.3, 0.4) is 0 Å². The molecule has 10 heteroatoms. The van der Waals surface area contributed by atoms with Gasteiger partial charge < -0.3 is 10.2 Å². The van der Waals surface area contributed by atoms with Crippen molar-refractivity contribution in [1.29, 1.82) is 5.26 Å². The van der Waals surface area contributed by atoms with Gasteiger partial charge in [0.05, 0.1) is 16.5 Å². The van der Waals surface area contributed by atoms with Gasteiger partial charge in [-0.15, -0.1) is 0 Å². The van der Waals surface area contributed by atoms with Crippen LogP contribution in [0.2, 0.25) is 0 Å². The van der Waals surface area contributed by atoms with Crippen LogP contribution in [0.4, 0.5) is 11.5 Å². The molecule has 1 aliphatic rings. The predicted molar refractivity (Wildman–Crippen MR) is 116 cm³/mol. The molecule has 1 saturated heterocycles.